The molecule has 0 aliphatic carbocycles. The van der Waals surface area contributed by atoms with Gasteiger partial charge in [0.1, 0.15) is 12.4 Å². The zero-order chi connectivity index (χ0) is 9.80. The van der Waals surface area contributed by atoms with Gasteiger partial charge in [0.2, 0.25) is 0 Å². The molecule has 0 radical (unpaired) electrons. The molecule has 0 spiro atoms. The highest BCUT2D eigenvalue weighted by atomic mass is 16.5. The molecule has 0 aromatic carbocycles. The van der Waals surface area contributed by atoms with Crippen LogP contribution in [0, 0.1) is 0 Å². The van der Waals surface area contributed by atoms with Crippen LogP contribution in [-0.4, -0.2) is 29.3 Å². The lowest BCUT2D eigenvalue weighted by atomic mass is 10.1. The number of aliphatic hydroxyl groups is 1. The third kappa shape index (κ3) is 2.21. The Morgan fingerprint density at radius 3 is 2.93 bits per heavy atom. The largest absolute Gasteiger partial charge is 0.490 e. The van der Waals surface area contributed by atoms with E-state index in [9.17, 15) is 0 Å². The van der Waals surface area contributed by atoms with E-state index in [4.69, 9.17) is 9.84 Å². The molecule has 4 heteroatoms. The van der Waals surface area contributed by atoms with Crippen molar-refractivity contribution in [3.63, 3.8) is 0 Å². The fourth-order valence-corrected chi connectivity index (χ4v) is 1.28. The summed E-state index contributed by atoms with van der Waals surface area (Å²) in [7, 11) is 0. The van der Waals surface area contributed by atoms with Crippen LogP contribution in [0.2, 0.25) is 0 Å². The van der Waals surface area contributed by atoms with Crippen molar-refractivity contribution in [1.29, 1.82) is 0 Å². The van der Waals surface area contributed by atoms with Crippen LogP contribution in [0.5, 0.6) is 5.75 Å². The molecule has 1 unspecified atom stereocenters. The third-order valence-electron chi connectivity index (χ3n) is 2.34. The zero-order valence-corrected chi connectivity index (χ0v) is 7.94. The van der Waals surface area contributed by atoms with Crippen molar-refractivity contribution < 1.29 is 9.84 Å². The molecule has 1 fully saturated rings. The van der Waals surface area contributed by atoms with Gasteiger partial charge < -0.3 is 15.2 Å². The Bertz CT molecular complexity index is 283. The maximum Gasteiger partial charge on any atom is 0.137 e. The number of rotatable bonds is 4. The number of ether oxygens (including phenoxy) is 1. The van der Waals surface area contributed by atoms with E-state index in [1.807, 2.05) is 6.07 Å². The molecular formula is C10H14N2O2. The molecule has 4 nitrogen and oxygen atoms in total. The molecule has 76 valence electrons. The Morgan fingerprint density at radius 1 is 1.57 bits per heavy atom. The minimum absolute atomic E-state index is 0.0234. The maximum atomic E-state index is 8.78. The van der Waals surface area contributed by atoms with Gasteiger partial charge >= 0.3 is 0 Å². The average molecular weight is 194 g/mol. The van der Waals surface area contributed by atoms with Crippen molar-refractivity contribution >= 4 is 0 Å². The van der Waals surface area contributed by atoms with Crippen molar-refractivity contribution in [2.45, 2.75) is 19.1 Å². The topological polar surface area (TPSA) is 54.4 Å². The number of hydrogen-bond donors (Lipinski definition) is 2. The highest BCUT2D eigenvalue weighted by Crippen LogP contribution is 2.11. The molecule has 2 heterocycles. The molecule has 1 aliphatic heterocycles. The summed E-state index contributed by atoms with van der Waals surface area (Å²) in [6.45, 7) is 1.76. The summed E-state index contributed by atoms with van der Waals surface area (Å²) in [6.07, 6.45) is 2.83. The van der Waals surface area contributed by atoms with Gasteiger partial charge in [0.05, 0.1) is 18.5 Å². The summed E-state index contributed by atoms with van der Waals surface area (Å²) < 4.78 is 5.50. The van der Waals surface area contributed by atoms with Crippen molar-refractivity contribution in [3.05, 3.63) is 24.0 Å². The molecule has 2 rings (SSSR count). The first kappa shape index (κ1) is 9.43. The molecule has 14 heavy (non-hydrogen) atoms. The van der Waals surface area contributed by atoms with Gasteiger partial charge in [-0.2, -0.15) is 0 Å². The van der Waals surface area contributed by atoms with Crippen LogP contribution in [0.1, 0.15) is 12.1 Å². The zero-order valence-electron chi connectivity index (χ0n) is 7.94. The summed E-state index contributed by atoms with van der Waals surface area (Å²) in [5.74, 6) is 0.760. The molecule has 1 aromatic rings. The van der Waals surface area contributed by atoms with Gasteiger partial charge in [-0.3, -0.25) is 4.98 Å². The number of aliphatic hydroxyl groups excluding tert-OH is 1. The van der Waals surface area contributed by atoms with Gasteiger partial charge in [-0.25, -0.2) is 0 Å². The van der Waals surface area contributed by atoms with E-state index in [-0.39, 0.29) is 6.61 Å². The van der Waals surface area contributed by atoms with Gasteiger partial charge in [0.25, 0.3) is 0 Å². The fourth-order valence-electron chi connectivity index (χ4n) is 1.28. The molecule has 0 bridgehead atoms. The second-order valence-electron chi connectivity index (χ2n) is 3.39. The van der Waals surface area contributed by atoms with E-state index in [0.717, 1.165) is 12.3 Å². The van der Waals surface area contributed by atoms with Crippen molar-refractivity contribution in [1.82, 2.24) is 10.3 Å². The first-order valence-corrected chi connectivity index (χ1v) is 4.80. The molecule has 1 aromatic heterocycles. The number of nitrogens with zero attached hydrogens (tertiary/aromatic N) is 1. The molecule has 1 atom stereocenters. The van der Waals surface area contributed by atoms with E-state index in [1.54, 1.807) is 12.3 Å². The van der Waals surface area contributed by atoms with Crippen LogP contribution < -0.4 is 10.1 Å². The van der Waals surface area contributed by atoms with Crippen LogP contribution in [-0.2, 0) is 6.61 Å². The Balaban J connectivity index is 1.83. The Hall–Kier alpha value is -1.13. The van der Waals surface area contributed by atoms with Crippen LogP contribution in [0.25, 0.3) is 0 Å². The average Bonchev–Trinajstić information content (AvgIpc) is 2.16. The lowest BCUT2D eigenvalue weighted by Gasteiger charge is -2.27. The normalized spacial score (nSPS) is 20.2. The first-order chi connectivity index (χ1) is 6.88. The van der Waals surface area contributed by atoms with Gasteiger partial charge in [0, 0.05) is 6.04 Å². The summed E-state index contributed by atoms with van der Waals surface area (Å²) in [5.41, 5.74) is 0.666. The van der Waals surface area contributed by atoms with Gasteiger partial charge in [-0.05, 0) is 25.1 Å². The molecule has 1 saturated heterocycles. The van der Waals surface area contributed by atoms with Crippen LogP contribution in [0.3, 0.4) is 0 Å². The van der Waals surface area contributed by atoms with E-state index >= 15 is 0 Å². The highest BCUT2D eigenvalue weighted by molar-refractivity contribution is 5.19. The summed E-state index contributed by atoms with van der Waals surface area (Å²) in [5, 5.41) is 12.0. The number of nitrogens with one attached hydrogen (secondary N) is 1. The molecule has 2 N–H and O–H groups in total. The summed E-state index contributed by atoms with van der Waals surface area (Å²) >= 11 is 0. The summed E-state index contributed by atoms with van der Waals surface area (Å²) in [6, 6.07) is 4.09. The van der Waals surface area contributed by atoms with Crippen molar-refractivity contribution in [2.24, 2.45) is 0 Å². The molecular weight excluding hydrogens is 180 g/mol. The highest BCUT2D eigenvalue weighted by Gasteiger charge is 2.16. The number of hydrogen-bond acceptors (Lipinski definition) is 4. The number of pyridine rings is 1. The quantitative estimate of drug-likeness (QED) is 0.724. The predicted octanol–water partition coefficient (Wildman–Crippen LogP) is 0.315. The Morgan fingerprint density at radius 2 is 2.43 bits per heavy atom. The minimum Gasteiger partial charge on any atom is -0.490 e. The van der Waals surface area contributed by atoms with Crippen LogP contribution >= 0.6 is 0 Å². The molecule has 0 saturated carbocycles. The van der Waals surface area contributed by atoms with Crippen LogP contribution in [0.4, 0.5) is 0 Å². The van der Waals surface area contributed by atoms with Gasteiger partial charge in [-0.1, -0.05) is 0 Å². The Kier molecular flexibility index (Phi) is 2.96. The van der Waals surface area contributed by atoms with Crippen molar-refractivity contribution in [2.75, 3.05) is 13.2 Å². The third-order valence-corrected chi connectivity index (χ3v) is 2.34. The predicted molar refractivity (Wildman–Crippen MR) is 52.1 cm³/mol. The minimum atomic E-state index is -0.0234. The standard InChI is InChI=1S/C10H14N2O2/c13-6-8-1-2-10(5-12-8)14-7-9-3-4-11-9/h1-2,5,9,11,13H,3-4,6-7H2. The number of aromatic nitrogens is 1. The second kappa shape index (κ2) is 4.39. The summed E-state index contributed by atoms with van der Waals surface area (Å²) in [4.78, 5) is 4.02. The Labute approximate surface area is 82.9 Å². The van der Waals surface area contributed by atoms with E-state index in [2.05, 4.69) is 10.3 Å². The van der Waals surface area contributed by atoms with E-state index in [0.29, 0.717) is 18.3 Å². The van der Waals surface area contributed by atoms with Crippen LogP contribution in [0.15, 0.2) is 18.3 Å². The maximum absolute atomic E-state index is 8.78. The first-order valence-electron chi connectivity index (χ1n) is 4.80. The molecule has 0 amide bonds. The lowest BCUT2D eigenvalue weighted by molar-refractivity contribution is 0.216. The lowest BCUT2D eigenvalue weighted by Crippen LogP contribution is -2.46. The second-order valence-corrected chi connectivity index (χ2v) is 3.39. The smallest absolute Gasteiger partial charge is 0.137 e. The fraction of sp³-hybridized carbons (Fsp3) is 0.500. The van der Waals surface area contributed by atoms with Gasteiger partial charge in [-0.15, -0.1) is 0 Å². The van der Waals surface area contributed by atoms with E-state index in [1.165, 1.54) is 6.42 Å². The van der Waals surface area contributed by atoms with Crippen molar-refractivity contribution in [3.8, 4) is 5.75 Å². The molecule has 1 aliphatic rings. The van der Waals surface area contributed by atoms with E-state index < -0.39 is 0 Å². The SMILES string of the molecule is OCc1ccc(OCC2CCN2)cn1. The van der Waals surface area contributed by atoms with Gasteiger partial charge in [0.15, 0.2) is 0 Å². The monoisotopic (exact) mass is 194 g/mol.